The van der Waals surface area contributed by atoms with Crippen LogP contribution < -0.4 is 10.6 Å². The average Bonchev–Trinajstić information content (AvgIpc) is 2.46. The van der Waals surface area contributed by atoms with E-state index in [1.807, 2.05) is 0 Å². The Hall–Kier alpha value is -2.50. The van der Waals surface area contributed by atoms with E-state index in [1.54, 1.807) is 11.0 Å². The van der Waals surface area contributed by atoms with Gasteiger partial charge in [-0.3, -0.25) is 4.79 Å². The minimum absolute atomic E-state index is 0.103. The number of amides is 1. The Kier molecular flexibility index (Phi) is 3.06. The second-order valence-electron chi connectivity index (χ2n) is 4.62. The topological polar surface area (TPSA) is 72.1 Å². The number of carbonyl (C=O) groups excluding carboxylic acids is 1. The van der Waals surface area contributed by atoms with Gasteiger partial charge in [0.25, 0.3) is 5.91 Å². The van der Waals surface area contributed by atoms with E-state index in [9.17, 15) is 9.18 Å². The molecule has 102 valence electrons. The third-order valence-corrected chi connectivity index (χ3v) is 3.33. The first-order chi connectivity index (χ1) is 9.66. The van der Waals surface area contributed by atoms with Crippen LogP contribution in [-0.2, 0) is 6.42 Å². The summed E-state index contributed by atoms with van der Waals surface area (Å²) in [6, 6.07) is 4.44. The molecule has 0 radical (unpaired) electrons. The number of rotatable bonds is 1. The maximum absolute atomic E-state index is 13.3. The Morgan fingerprint density at radius 3 is 2.90 bits per heavy atom. The maximum Gasteiger partial charge on any atom is 0.280 e. The van der Waals surface area contributed by atoms with Gasteiger partial charge >= 0.3 is 0 Å². The van der Waals surface area contributed by atoms with Gasteiger partial charge in [0.15, 0.2) is 11.5 Å². The van der Waals surface area contributed by atoms with Crippen LogP contribution in [0.25, 0.3) is 0 Å². The third kappa shape index (κ3) is 2.09. The number of aromatic nitrogens is 2. The number of benzene rings is 1. The highest BCUT2D eigenvalue weighted by atomic mass is 19.1. The van der Waals surface area contributed by atoms with Gasteiger partial charge in [0.2, 0.25) is 0 Å². The number of carbonyl (C=O) groups is 1. The van der Waals surface area contributed by atoms with Crippen molar-refractivity contribution in [2.24, 2.45) is 0 Å². The molecule has 2 aromatic rings. The van der Waals surface area contributed by atoms with Crippen molar-refractivity contribution in [3.8, 4) is 0 Å². The Morgan fingerprint density at radius 1 is 1.30 bits per heavy atom. The van der Waals surface area contributed by atoms with Crippen molar-refractivity contribution in [2.75, 3.05) is 17.2 Å². The van der Waals surface area contributed by atoms with Crippen molar-refractivity contribution in [2.45, 2.75) is 12.8 Å². The van der Waals surface area contributed by atoms with Gasteiger partial charge < -0.3 is 10.6 Å². The van der Waals surface area contributed by atoms with Gasteiger partial charge in [-0.05, 0) is 36.6 Å². The Morgan fingerprint density at radius 2 is 2.10 bits per heavy atom. The number of halogens is 1. The molecule has 0 fully saturated rings. The zero-order chi connectivity index (χ0) is 14.1. The summed E-state index contributed by atoms with van der Waals surface area (Å²) in [6.07, 6.45) is 4.40. The lowest BCUT2D eigenvalue weighted by molar-refractivity contribution is 0.0981. The predicted molar refractivity (Wildman–Crippen MR) is 72.8 cm³/mol. The molecule has 1 aliphatic rings. The number of nitrogen functional groups attached to an aromatic ring is 1. The first kappa shape index (κ1) is 12.5. The van der Waals surface area contributed by atoms with E-state index in [4.69, 9.17) is 5.73 Å². The van der Waals surface area contributed by atoms with Crippen LogP contribution in [0.15, 0.2) is 30.6 Å². The molecule has 1 aromatic carbocycles. The van der Waals surface area contributed by atoms with Crippen LogP contribution in [0.5, 0.6) is 0 Å². The minimum atomic E-state index is -0.303. The summed E-state index contributed by atoms with van der Waals surface area (Å²) in [5.41, 5.74) is 7.36. The lowest BCUT2D eigenvalue weighted by atomic mass is 10.0. The number of nitrogens with two attached hydrogens (primary N) is 1. The molecule has 0 aliphatic carbocycles. The highest BCUT2D eigenvalue weighted by Gasteiger charge is 2.26. The van der Waals surface area contributed by atoms with Gasteiger partial charge in [0.05, 0.1) is 0 Å². The zero-order valence-corrected chi connectivity index (χ0v) is 10.7. The molecule has 1 aliphatic heterocycles. The highest BCUT2D eigenvalue weighted by molar-refractivity contribution is 6.07. The molecule has 0 saturated heterocycles. The van der Waals surface area contributed by atoms with Crippen LogP contribution >= 0.6 is 0 Å². The second kappa shape index (κ2) is 4.88. The Labute approximate surface area is 115 Å². The van der Waals surface area contributed by atoms with Crippen LogP contribution in [0.1, 0.15) is 22.5 Å². The van der Waals surface area contributed by atoms with Crippen molar-refractivity contribution in [1.29, 1.82) is 0 Å². The van der Waals surface area contributed by atoms with Crippen molar-refractivity contribution < 1.29 is 9.18 Å². The summed E-state index contributed by atoms with van der Waals surface area (Å²) in [4.78, 5) is 22.0. The zero-order valence-electron chi connectivity index (χ0n) is 10.7. The van der Waals surface area contributed by atoms with E-state index in [-0.39, 0.29) is 23.2 Å². The fourth-order valence-corrected chi connectivity index (χ4v) is 2.42. The smallest absolute Gasteiger partial charge is 0.280 e. The van der Waals surface area contributed by atoms with Crippen LogP contribution in [-0.4, -0.2) is 22.4 Å². The molecule has 0 spiro atoms. The fourth-order valence-electron chi connectivity index (χ4n) is 2.42. The van der Waals surface area contributed by atoms with E-state index in [0.717, 1.165) is 18.4 Å². The summed E-state index contributed by atoms with van der Waals surface area (Å²) in [5, 5.41) is 0. The summed E-state index contributed by atoms with van der Waals surface area (Å²) in [5.74, 6) is -0.494. The second-order valence-corrected chi connectivity index (χ2v) is 4.62. The van der Waals surface area contributed by atoms with Crippen molar-refractivity contribution in [1.82, 2.24) is 9.97 Å². The number of hydrogen-bond donors (Lipinski definition) is 1. The molecule has 20 heavy (non-hydrogen) atoms. The molecule has 1 amide bonds. The first-order valence-electron chi connectivity index (χ1n) is 6.33. The quantitative estimate of drug-likeness (QED) is 0.859. The molecule has 5 nitrogen and oxygen atoms in total. The third-order valence-electron chi connectivity index (χ3n) is 3.33. The fraction of sp³-hybridized carbons (Fsp3) is 0.214. The Bertz CT molecular complexity index is 674. The van der Waals surface area contributed by atoms with Crippen LogP contribution in [0, 0.1) is 5.82 Å². The van der Waals surface area contributed by atoms with Crippen LogP contribution in [0.2, 0.25) is 0 Å². The van der Waals surface area contributed by atoms with Gasteiger partial charge in [-0.1, -0.05) is 0 Å². The lowest BCUT2D eigenvalue weighted by Crippen LogP contribution is -2.36. The van der Waals surface area contributed by atoms with Gasteiger partial charge in [0.1, 0.15) is 5.82 Å². The van der Waals surface area contributed by atoms with E-state index in [1.165, 1.54) is 24.5 Å². The van der Waals surface area contributed by atoms with Gasteiger partial charge in [-0.15, -0.1) is 0 Å². The Balaban J connectivity index is 2.01. The van der Waals surface area contributed by atoms with Crippen molar-refractivity contribution >= 4 is 17.4 Å². The number of aryl methyl sites for hydroxylation is 1. The number of nitrogens with zero attached hydrogens (tertiary/aromatic N) is 3. The van der Waals surface area contributed by atoms with E-state index < -0.39 is 0 Å². The molecule has 2 heterocycles. The summed E-state index contributed by atoms with van der Waals surface area (Å²) in [6.45, 7) is 0.563. The van der Waals surface area contributed by atoms with Crippen molar-refractivity contribution in [3.05, 3.63) is 47.7 Å². The molecule has 0 unspecified atom stereocenters. The molecule has 2 N–H and O–H groups in total. The van der Waals surface area contributed by atoms with Gasteiger partial charge in [-0.2, -0.15) is 0 Å². The molecule has 6 heteroatoms. The standard InChI is InChI=1S/C14H13FN4O/c15-10-3-4-11-9(8-10)2-1-7-19(11)14(20)12-13(16)18-6-5-17-12/h3-6,8H,1-2,7H2,(H2,16,18). The molecular weight excluding hydrogens is 259 g/mol. The largest absolute Gasteiger partial charge is 0.382 e. The SMILES string of the molecule is Nc1nccnc1C(=O)N1CCCc2cc(F)ccc21. The normalized spacial score (nSPS) is 13.9. The average molecular weight is 272 g/mol. The number of hydrogen-bond acceptors (Lipinski definition) is 4. The van der Waals surface area contributed by atoms with E-state index in [2.05, 4.69) is 9.97 Å². The molecular formula is C14H13FN4O. The van der Waals surface area contributed by atoms with E-state index in [0.29, 0.717) is 12.2 Å². The van der Waals surface area contributed by atoms with E-state index >= 15 is 0 Å². The first-order valence-corrected chi connectivity index (χ1v) is 6.33. The number of fused-ring (bicyclic) bond motifs is 1. The van der Waals surface area contributed by atoms with Gasteiger partial charge in [0, 0.05) is 24.6 Å². The summed E-state index contributed by atoms with van der Waals surface area (Å²) < 4.78 is 13.3. The molecule has 1 aromatic heterocycles. The van der Waals surface area contributed by atoms with Crippen molar-refractivity contribution in [3.63, 3.8) is 0 Å². The highest BCUT2D eigenvalue weighted by Crippen LogP contribution is 2.29. The molecule has 0 bridgehead atoms. The van der Waals surface area contributed by atoms with Gasteiger partial charge in [-0.25, -0.2) is 14.4 Å². The maximum atomic E-state index is 13.3. The molecule has 3 rings (SSSR count). The molecule has 0 atom stereocenters. The molecule has 0 saturated carbocycles. The number of anilines is 2. The predicted octanol–water partition coefficient (Wildman–Crippen LogP) is 1.79. The van der Waals surface area contributed by atoms with Crippen LogP contribution in [0.3, 0.4) is 0 Å². The minimum Gasteiger partial charge on any atom is -0.382 e. The summed E-state index contributed by atoms with van der Waals surface area (Å²) >= 11 is 0. The summed E-state index contributed by atoms with van der Waals surface area (Å²) in [7, 11) is 0. The lowest BCUT2D eigenvalue weighted by Gasteiger charge is -2.29. The monoisotopic (exact) mass is 272 g/mol. The van der Waals surface area contributed by atoms with Crippen LogP contribution in [0.4, 0.5) is 15.9 Å².